The van der Waals surface area contributed by atoms with Gasteiger partial charge in [0.2, 0.25) is 0 Å². The molecule has 4 aliphatic rings. The predicted octanol–water partition coefficient (Wildman–Crippen LogP) is 2.82. The molecule has 4 aliphatic heterocycles. The largest absolute Gasteiger partial charge is 0.374 e. The third kappa shape index (κ3) is 3.67. The number of fused-ring (bicyclic) bond motifs is 5. The summed E-state index contributed by atoms with van der Waals surface area (Å²) in [7, 11) is 1.92. The van der Waals surface area contributed by atoms with Crippen molar-refractivity contribution in [1.29, 1.82) is 0 Å². The van der Waals surface area contributed by atoms with E-state index in [0.717, 1.165) is 50.5 Å². The van der Waals surface area contributed by atoms with E-state index in [2.05, 4.69) is 50.4 Å². The molecular formula is C21H31IN4O. The Morgan fingerprint density at radius 1 is 1.07 bits per heavy atom. The molecule has 0 radical (unpaired) electrons. The molecule has 0 aliphatic carbocycles. The molecule has 4 saturated heterocycles. The molecule has 4 heterocycles. The standard InChI is InChI=1S/C21H30N4O.HI/c1-22-21(25-13-17-18(14-25)20-8-7-19(17)26-20)23-11-15-9-10-24(12-15)16-5-3-2-4-6-16;/h2-6,15,17-20H,7-14H2,1H3,(H,22,23);1H. The van der Waals surface area contributed by atoms with Gasteiger partial charge in [-0.1, -0.05) is 18.2 Å². The minimum Gasteiger partial charge on any atom is -0.374 e. The normalized spacial score (nSPS) is 34.7. The van der Waals surface area contributed by atoms with Gasteiger partial charge in [0.25, 0.3) is 0 Å². The lowest BCUT2D eigenvalue weighted by Gasteiger charge is -2.25. The van der Waals surface area contributed by atoms with Crippen molar-refractivity contribution in [2.24, 2.45) is 22.7 Å². The van der Waals surface area contributed by atoms with Crippen molar-refractivity contribution in [2.45, 2.75) is 31.5 Å². The first-order chi connectivity index (χ1) is 12.8. The van der Waals surface area contributed by atoms with Crippen LogP contribution in [0.3, 0.4) is 0 Å². The maximum absolute atomic E-state index is 6.10. The topological polar surface area (TPSA) is 40.1 Å². The molecule has 1 aromatic rings. The highest BCUT2D eigenvalue weighted by Crippen LogP contribution is 2.47. The van der Waals surface area contributed by atoms with Crippen LogP contribution in [0.2, 0.25) is 0 Å². The van der Waals surface area contributed by atoms with Gasteiger partial charge >= 0.3 is 0 Å². The van der Waals surface area contributed by atoms with E-state index in [4.69, 9.17) is 4.74 Å². The fraction of sp³-hybridized carbons (Fsp3) is 0.667. The lowest BCUT2D eigenvalue weighted by molar-refractivity contribution is 0.0767. The van der Waals surface area contributed by atoms with Gasteiger partial charge in [-0.05, 0) is 37.3 Å². The molecule has 1 aromatic carbocycles. The van der Waals surface area contributed by atoms with Gasteiger partial charge in [-0.2, -0.15) is 0 Å². The minimum absolute atomic E-state index is 0. The first-order valence-electron chi connectivity index (χ1n) is 10.2. The second-order valence-electron chi connectivity index (χ2n) is 8.39. The highest BCUT2D eigenvalue weighted by molar-refractivity contribution is 14.0. The lowest BCUT2D eigenvalue weighted by Crippen LogP contribution is -2.43. The van der Waals surface area contributed by atoms with Crippen LogP contribution in [0.15, 0.2) is 35.3 Å². The number of rotatable bonds is 3. The summed E-state index contributed by atoms with van der Waals surface area (Å²) in [5, 5.41) is 3.67. The minimum atomic E-state index is 0. The quantitative estimate of drug-likeness (QED) is 0.409. The number of benzene rings is 1. The van der Waals surface area contributed by atoms with Crippen molar-refractivity contribution in [3.05, 3.63) is 30.3 Å². The molecule has 1 N–H and O–H groups in total. The van der Waals surface area contributed by atoms with Crippen LogP contribution >= 0.6 is 24.0 Å². The molecule has 6 heteroatoms. The molecule has 0 spiro atoms. The van der Waals surface area contributed by atoms with Crippen molar-refractivity contribution < 1.29 is 4.74 Å². The van der Waals surface area contributed by atoms with Gasteiger partial charge in [-0.25, -0.2) is 0 Å². The van der Waals surface area contributed by atoms with Gasteiger partial charge in [0.05, 0.1) is 12.2 Å². The smallest absolute Gasteiger partial charge is 0.193 e. The van der Waals surface area contributed by atoms with Gasteiger partial charge < -0.3 is 19.9 Å². The fourth-order valence-electron chi connectivity index (χ4n) is 5.57. The first-order valence-corrected chi connectivity index (χ1v) is 10.2. The van der Waals surface area contributed by atoms with Crippen molar-refractivity contribution >= 4 is 35.6 Å². The summed E-state index contributed by atoms with van der Waals surface area (Å²) in [6.45, 7) is 5.55. The number of nitrogens with zero attached hydrogens (tertiary/aromatic N) is 3. The van der Waals surface area contributed by atoms with Crippen molar-refractivity contribution in [3.8, 4) is 0 Å². The van der Waals surface area contributed by atoms with Crippen LogP contribution in [-0.4, -0.2) is 62.8 Å². The van der Waals surface area contributed by atoms with E-state index in [1.54, 1.807) is 0 Å². The SMILES string of the molecule is CN=C(NCC1CCN(c2ccccc2)C1)N1CC2C3CCC(O3)C2C1.I. The van der Waals surface area contributed by atoms with Gasteiger partial charge in [-0.15, -0.1) is 24.0 Å². The second kappa shape index (κ2) is 8.15. The number of halogens is 1. The summed E-state index contributed by atoms with van der Waals surface area (Å²) in [6, 6.07) is 10.8. The fourth-order valence-corrected chi connectivity index (χ4v) is 5.57. The first kappa shape index (κ1) is 19.3. The summed E-state index contributed by atoms with van der Waals surface area (Å²) < 4.78 is 6.10. The Kier molecular flexibility index (Phi) is 5.83. The predicted molar refractivity (Wildman–Crippen MR) is 120 cm³/mol. The summed E-state index contributed by atoms with van der Waals surface area (Å²) in [6.07, 6.45) is 4.82. The Labute approximate surface area is 179 Å². The monoisotopic (exact) mass is 482 g/mol. The number of nitrogens with one attached hydrogen (secondary N) is 1. The molecule has 0 aromatic heterocycles. The Morgan fingerprint density at radius 3 is 2.44 bits per heavy atom. The zero-order chi connectivity index (χ0) is 17.5. The van der Waals surface area contributed by atoms with Crippen molar-refractivity contribution in [1.82, 2.24) is 10.2 Å². The van der Waals surface area contributed by atoms with Crippen molar-refractivity contribution in [3.63, 3.8) is 0 Å². The molecule has 0 saturated carbocycles. The molecule has 5 unspecified atom stereocenters. The van der Waals surface area contributed by atoms with Gasteiger partial charge in [0, 0.05) is 57.3 Å². The number of ether oxygens (including phenoxy) is 1. The molecule has 4 fully saturated rings. The van der Waals surface area contributed by atoms with Crippen LogP contribution in [0.5, 0.6) is 0 Å². The van der Waals surface area contributed by atoms with E-state index in [0.29, 0.717) is 18.1 Å². The number of para-hydroxylation sites is 1. The van der Waals surface area contributed by atoms with Crippen LogP contribution in [0.4, 0.5) is 5.69 Å². The molecule has 148 valence electrons. The average molecular weight is 482 g/mol. The maximum Gasteiger partial charge on any atom is 0.193 e. The second-order valence-corrected chi connectivity index (χ2v) is 8.39. The van der Waals surface area contributed by atoms with Crippen LogP contribution < -0.4 is 10.2 Å². The summed E-state index contributed by atoms with van der Waals surface area (Å²) in [5.41, 5.74) is 1.35. The van der Waals surface area contributed by atoms with Crippen LogP contribution in [0.25, 0.3) is 0 Å². The number of likely N-dealkylation sites (tertiary alicyclic amines) is 1. The summed E-state index contributed by atoms with van der Waals surface area (Å²) >= 11 is 0. The zero-order valence-electron chi connectivity index (χ0n) is 16.1. The molecule has 5 atom stereocenters. The van der Waals surface area contributed by atoms with E-state index < -0.39 is 0 Å². The van der Waals surface area contributed by atoms with Gasteiger partial charge in [0.1, 0.15) is 0 Å². The highest BCUT2D eigenvalue weighted by Gasteiger charge is 2.53. The van der Waals surface area contributed by atoms with Crippen molar-refractivity contribution in [2.75, 3.05) is 44.7 Å². The summed E-state index contributed by atoms with van der Waals surface area (Å²) in [5.74, 6) is 3.24. The number of guanidine groups is 1. The Hall–Kier alpha value is -1.02. The Morgan fingerprint density at radius 2 is 1.78 bits per heavy atom. The average Bonchev–Trinajstić information content (AvgIpc) is 3.44. The molecular weight excluding hydrogens is 451 g/mol. The van der Waals surface area contributed by atoms with Gasteiger partial charge in [-0.3, -0.25) is 4.99 Å². The zero-order valence-corrected chi connectivity index (χ0v) is 18.4. The van der Waals surface area contributed by atoms with Gasteiger partial charge in [0.15, 0.2) is 5.96 Å². The van der Waals surface area contributed by atoms with E-state index in [9.17, 15) is 0 Å². The lowest BCUT2D eigenvalue weighted by atomic mass is 9.82. The number of anilines is 1. The number of hydrogen-bond donors (Lipinski definition) is 1. The van der Waals surface area contributed by atoms with E-state index >= 15 is 0 Å². The maximum atomic E-state index is 6.10. The highest BCUT2D eigenvalue weighted by atomic mass is 127. The molecule has 5 rings (SSSR count). The van der Waals surface area contributed by atoms with E-state index in [1.165, 1.54) is 24.9 Å². The number of aliphatic imine (C=N–C) groups is 1. The molecule has 5 nitrogen and oxygen atoms in total. The van der Waals surface area contributed by atoms with E-state index in [1.807, 2.05) is 7.05 Å². The number of hydrogen-bond acceptors (Lipinski definition) is 3. The van der Waals surface area contributed by atoms with Crippen LogP contribution in [-0.2, 0) is 4.74 Å². The third-order valence-electron chi connectivity index (χ3n) is 6.92. The Balaban J connectivity index is 0.00000180. The molecule has 2 bridgehead atoms. The molecule has 0 amide bonds. The van der Waals surface area contributed by atoms with Crippen LogP contribution in [0, 0.1) is 17.8 Å². The van der Waals surface area contributed by atoms with Crippen LogP contribution in [0.1, 0.15) is 19.3 Å². The third-order valence-corrected chi connectivity index (χ3v) is 6.92. The Bertz CT molecular complexity index is 651. The molecule has 27 heavy (non-hydrogen) atoms. The summed E-state index contributed by atoms with van der Waals surface area (Å²) in [4.78, 5) is 9.57. The van der Waals surface area contributed by atoms with E-state index in [-0.39, 0.29) is 24.0 Å².